The van der Waals surface area contributed by atoms with Crippen molar-refractivity contribution in [1.29, 1.82) is 0 Å². The Labute approximate surface area is 188 Å². The Morgan fingerprint density at radius 1 is 1.00 bits per heavy atom. The molecule has 0 fully saturated rings. The van der Waals surface area contributed by atoms with E-state index in [2.05, 4.69) is 37.1 Å². The highest BCUT2D eigenvalue weighted by Gasteiger charge is 2.10. The first kappa shape index (κ1) is 21.6. The molecule has 3 aromatic carbocycles. The monoisotopic (exact) mass is 428 g/mol. The minimum absolute atomic E-state index is 0.150. The van der Waals surface area contributed by atoms with Gasteiger partial charge in [-0.2, -0.15) is 0 Å². The number of nitrogens with one attached hydrogen (secondary N) is 1. The van der Waals surface area contributed by atoms with Crippen LogP contribution in [0.2, 0.25) is 0 Å². The van der Waals surface area contributed by atoms with Gasteiger partial charge in [0.1, 0.15) is 11.3 Å². The van der Waals surface area contributed by atoms with Crippen LogP contribution in [0.1, 0.15) is 52.7 Å². The van der Waals surface area contributed by atoms with Gasteiger partial charge in [-0.25, -0.2) is 4.98 Å². The number of aryl methyl sites for hydroxylation is 2. The van der Waals surface area contributed by atoms with Crippen molar-refractivity contribution in [3.05, 3.63) is 88.8 Å². The van der Waals surface area contributed by atoms with Crippen molar-refractivity contribution in [2.75, 3.05) is 11.9 Å². The Kier molecular flexibility index (Phi) is 6.55. The number of nitrogens with zero attached hydrogens (tertiary/aromatic N) is 1. The summed E-state index contributed by atoms with van der Waals surface area (Å²) in [5.74, 6) is 1.31. The van der Waals surface area contributed by atoms with Crippen LogP contribution in [0.3, 0.4) is 0 Å². The predicted octanol–water partition coefficient (Wildman–Crippen LogP) is 6.47. The smallest absolute Gasteiger partial charge is 0.255 e. The van der Waals surface area contributed by atoms with Gasteiger partial charge in [0, 0.05) is 17.7 Å². The van der Waals surface area contributed by atoms with Gasteiger partial charge >= 0.3 is 0 Å². The number of rotatable bonds is 8. The summed E-state index contributed by atoms with van der Waals surface area (Å²) in [7, 11) is 0. The summed E-state index contributed by atoms with van der Waals surface area (Å²) in [5, 5.41) is 2.94. The molecule has 0 unspecified atom stereocenters. The van der Waals surface area contributed by atoms with Gasteiger partial charge in [-0.15, -0.1) is 0 Å². The van der Waals surface area contributed by atoms with Gasteiger partial charge in [-0.3, -0.25) is 4.79 Å². The number of hydrogen-bond acceptors (Lipinski definition) is 4. The Balaban J connectivity index is 1.36. The lowest BCUT2D eigenvalue weighted by atomic mass is 10.1. The zero-order chi connectivity index (χ0) is 22.5. The number of amides is 1. The maximum Gasteiger partial charge on any atom is 0.255 e. The van der Waals surface area contributed by atoms with Crippen molar-refractivity contribution < 1.29 is 13.9 Å². The van der Waals surface area contributed by atoms with Crippen LogP contribution < -0.4 is 10.1 Å². The van der Waals surface area contributed by atoms with E-state index in [1.807, 2.05) is 42.5 Å². The molecule has 0 spiro atoms. The first-order valence-electron chi connectivity index (χ1n) is 11.0. The summed E-state index contributed by atoms with van der Waals surface area (Å²) >= 11 is 0. The normalized spacial score (nSPS) is 11.0. The van der Waals surface area contributed by atoms with Crippen molar-refractivity contribution >= 4 is 22.7 Å². The largest absolute Gasteiger partial charge is 0.494 e. The summed E-state index contributed by atoms with van der Waals surface area (Å²) in [6.07, 6.45) is 2.71. The minimum atomic E-state index is -0.150. The maximum absolute atomic E-state index is 12.5. The molecular formula is C27H28N2O3. The van der Waals surface area contributed by atoms with Gasteiger partial charge in [-0.05, 0) is 85.5 Å². The molecular weight excluding hydrogens is 400 g/mol. The summed E-state index contributed by atoms with van der Waals surface area (Å²) in [5.41, 5.74) is 6.49. The summed E-state index contributed by atoms with van der Waals surface area (Å²) in [4.78, 5) is 17.1. The molecule has 0 aliphatic heterocycles. The molecule has 0 saturated heterocycles. The number of anilines is 1. The fraction of sp³-hybridized carbons (Fsp3) is 0.259. The second-order valence-corrected chi connectivity index (χ2v) is 8.07. The van der Waals surface area contributed by atoms with Crippen LogP contribution in [0.4, 0.5) is 5.69 Å². The van der Waals surface area contributed by atoms with Crippen LogP contribution in [0.25, 0.3) is 11.1 Å². The molecule has 0 aliphatic carbocycles. The Bertz CT molecular complexity index is 1170. The molecule has 164 valence electrons. The van der Waals surface area contributed by atoms with Crippen molar-refractivity contribution in [2.24, 2.45) is 0 Å². The molecule has 0 aliphatic rings. The Hall–Kier alpha value is -3.60. The first-order valence-corrected chi connectivity index (χ1v) is 11.0. The fourth-order valence-electron chi connectivity index (χ4n) is 3.42. The highest BCUT2D eigenvalue weighted by Crippen LogP contribution is 2.22. The molecule has 5 nitrogen and oxygen atoms in total. The van der Waals surface area contributed by atoms with Crippen molar-refractivity contribution in [2.45, 2.75) is 40.0 Å². The second kappa shape index (κ2) is 9.69. The van der Waals surface area contributed by atoms with Crippen molar-refractivity contribution in [3.8, 4) is 5.75 Å². The number of aromatic nitrogens is 1. The highest BCUT2D eigenvalue weighted by molar-refractivity contribution is 6.04. The molecule has 4 aromatic rings. The average Bonchev–Trinajstić information content (AvgIpc) is 3.17. The van der Waals surface area contributed by atoms with Gasteiger partial charge in [0.05, 0.1) is 6.61 Å². The van der Waals surface area contributed by atoms with Crippen LogP contribution in [0.15, 0.2) is 65.1 Å². The molecule has 0 atom stereocenters. The molecule has 1 amide bonds. The average molecular weight is 429 g/mol. The zero-order valence-electron chi connectivity index (χ0n) is 18.8. The van der Waals surface area contributed by atoms with Gasteiger partial charge in [-0.1, -0.05) is 25.5 Å². The molecule has 0 radical (unpaired) electrons. The number of fused-ring (bicyclic) bond motifs is 1. The SMILES string of the molecule is CCCCOc1ccc(C(=O)Nc2ccc(Cc3nc4cc(C)c(C)cc4o3)cc2)cc1. The quantitative estimate of drug-likeness (QED) is 0.327. The van der Waals surface area contributed by atoms with E-state index in [4.69, 9.17) is 9.15 Å². The molecule has 1 heterocycles. The van der Waals surface area contributed by atoms with Crippen LogP contribution in [0, 0.1) is 13.8 Å². The third-order valence-corrected chi connectivity index (χ3v) is 5.50. The number of hydrogen-bond donors (Lipinski definition) is 1. The first-order chi connectivity index (χ1) is 15.5. The van der Waals surface area contributed by atoms with Gasteiger partial charge in [0.2, 0.25) is 0 Å². The lowest BCUT2D eigenvalue weighted by molar-refractivity contribution is 0.102. The third-order valence-electron chi connectivity index (χ3n) is 5.50. The molecule has 0 bridgehead atoms. The molecule has 5 heteroatoms. The summed E-state index contributed by atoms with van der Waals surface area (Å²) in [6, 6.07) is 19.1. The van der Waals surface area contributed by atoms with Gasteiger partial charge in [0.15, 0.2) is 11.5 Å². The third kappa shape index (κ3) is 5.17. The number of oxazole rings is 1. The number of ether oxygens (including phenoxy) is 1. The van der Waals surface area contributed by atoms with Crippen LogP contribution >= 0.6 is 0 Å². The number of unbranched alkanes of at least 4 members (excludes halogenated alkanes) is 1. The minimum Gasteiger partial charge on any atom is -0.494 e. The van der Waals surface area contributed by atoms with Crippen LogP contribution in [-0.4, -0.2) is 17.5 Å². The molecule has 4 rings (SSSR count). The second-order valence-electron chi connectivity index (χ2n) is 8.07. The van der Waals surface area contributed by atoms with Gasteiger partial charge in [0.25, 0.3) is 5.91 Å². The summed E-state index contributed by atoms with van der Waals surface area (Å²) < 4.78 is 11.6. The topological polar surface area (TPSA) is 64.4 Å². The highest BCUT2D eigenvalue weighted by atomic mass is 16.5. The number of benzene rings is 3. The van der Waals surface area contributed by atoms with E-state index in [-0.39, 0.29) is 5.91 Å². The Morgan fingerprint density at radius 2 is 1.72 bits per heavy atom. The van der Waals surface area contributed by atoms with Crippen LogP contribution in [-0.2, 0) is 6.42 Å². The van der Waals surface area contributed by atoms with Crippen molar-refractivity contribution in [3.63, 3.8) is 0 Å². The van der Waals surface area contributed by atoms with Crippen LogP contribution in [0.5, 0.6) is 5.75 Å². The number of carbonyl (C=O) groups excluding carboxylic acids is 1. The van der Waals surface area contributed by atoms with E-state index >= 15 is 0 Å². The van der Waals surface area contributed by atoms with Crippen molar-refractivity contribution in [1.82, 2.24) is 4.98 Å². The standard InChI is InChI=1S/C27H28N2O3/c1-4-5-14-31-23-12-8-21(9-13-23)27(30)28-22-10-6-20(7-11-22)17-26-29-24-15-18(2)19(3)16-25(24)32-26/h6-13,15-16H,4-5,14,17H2,1-3H3,(H,28,30). The predicted molar refractivity (Wildman–Crippen MR) is 128 cm³/mol. The lowest BCUT2D eigenvalue weighted by Crippen LogP contribution is -2.11. The van der Waals surface area contributed by atoms with E-state index in [0.29, 0.717) is 24.5 Å². The number of carbonyl (C=O) groups is 1. The molecule has 1 N–H and O–H groups in total. The lowest BCUT2D eigenvalue weighted by Gasteiger charge is -2.08. The fourth-order valence-corrected chi connectivity index (χ4v) is 3.42. The zero-order valence-corrected chi connectivity index (χ0v) is 18.8. The van der Waals surface area contributed by atoms with E-state index in [1.165, 1.54) is 11.1 Å². The summed E-state index contributed by atoms with van der Waals surface area (Å²) in [6.45, 7) is 6.96. The van der Waals surface area contributed by atoms with E-state index in [1.54, 1.807) is 12.1 Å². The van der Waals surface area contributed by atoms with E-state index in [0.717, 1.165) is 40.9 Å². The maximum atomic E-state index is 12.5. The van der Waals surface area contributed by atoms with E-state index in [9.17, 15) is 4.79 Å². The molecule has 0 saturated carbocycles. The molecule has 1 aromatic heterocycles. The van der Waals surface area contributed by atoms with Gasteiger partial charge < -0.3 is 14.5 Å². The molecule has 32 heavy (non-hydrogen) atoms. The Morgan fingerprint density at radius 3 is 2.44 bits per heavy atom. The van der Waals surface area contributed by atoms with E-state index < -0.39 is 0 Å².